The van der Waals surface area contributed by atoms with Crippen molar-refractivity contribution in [3.8, 4) is 0 Å². The predicted octanol–water partition coefficient (Wildman–Crippen LogP) is 3.40. The summed E-state index contributed by atoms with van der Waals surface area (Å²) in [5, 5.41) is 0. The van der Waals surface area contributed by atoms with Gasteiger partial charge in [0, 0.05) is 18.1 Å². The maximum atomic E-state index is 2.67. The summed E-state index contributed by atoms with van der Waals surface area (Å²) in [6.45, 7) is 4.70. The molecule has 1 aliphatic carbocycles. The van der Waals surface area contributed by atoms with Crippen molar-refractivity contribution in [3.05, 3.63) is 48.0 Å². The van der Waals surface area contributed by atoms with Gasteiger partial charge in [0.05, 0.1) is 0 Å². The number of nitrogens with zero attached hydrogens (tertiary/aromatic N) is 1. The summed E-state index contributed by atoms with van der Waals surface area (Å²) in [6, 6.07) is 12.8. The molecule has 1 fully saturated rings. The minimum atomic E-state index is 0.538. The second-order valence-corrected chi connectivity index (χ2v) is 5.13. The van der Waals surface area contributed by atoms with Crippen LogP contribution in [0.15, 0.2) is 42.5 Å². The lowest BCUT2D eigenvalue weighted by Gasteiger charge is -2.35. The number of fused-ring (bicyclic) bond motifs is 2. The SMILES string of the molecule is C[C@@H](c1ccccc1)N1[C@H]2C=C[C@H](C2)[C@@H]1C. The molecular formula is C15H19N. The highest BCUT2D eigenvalue weighted by molar-refractivity contribution is 5.23. The molecule has 0 amide bonds. The van der Waals surface area contributed by atoms with Crippen LogP contribution in [0.25, 0.3) is 0 Å². The molecule has 1 aromatic rings. The lowest BCUT2D eigenvalue weighted by molar-refractivity contribution is 0.156. The van der Waals surface area contributed by atoms with Crippen LogP contribution < -0.4 is 0 Å². The molecule has 2 bridgehead atoms. The average molecular weight is 213 g/mol. The van der Waals surface area contributed by atoms with E-state index in [-0.39, 0.29) is 0 Å². The van der Waals surface area contributed by atoms with Gasteiger partial charge in [0.1, 0.15) is 0 Å². The Hall–Kier alpha value is -1.08. The summed E-state index contributed by atoms with van der Waals surface area (Å²) in [6.07, 6.45) is 6.13. The third kappa shape index (κ3) is 1.42. The van der Waals surface area contributed by atoms with E-state index in [1.165, 1.54) is 12.0 Å². The highest BCUT2D eigenvalue weighted by atomic mass is 15.2. The summed E-state index contributed by atoms with van der Waals surface area (Å²) in [4.78, 5) is 2.67. The molecule has 0 saturated carbocycles. The third-order valence-electron chi connectivity index (χ3n) is 4.30. The third-order valence-corrected chi connectivity index (χ3v) is 4.30. The Bertz CT molecular complexity index is 395. The highest BCUT2D eigenvalue weighted by Gasteiger charge is 2.42. The maximum Gasteiger partial charge on any atom is 0.0328 e. The van der Waals surface area contributed by atoms with Gasteiger partial charge in [0.2, 0.25) is 0 Å². The number of rotatable bonds is 2. The zero-order valence-corrected chi connectivity index (χ0v) is 10.0. The quantitative estimate of drug-likeness (QED) is 0.681. The van der Waals surface area contributed by atoms with E-state index in [0.717, 1.165) is 5.92 Å². The van der Waals surface area contributed by atoms with Crippen molar-refractivity contribution >= 4 is 0 Å². The molecule has 0 unspecified atom stereocenters. The summed E-state index contributed by atoms with van der Waals surface area (Å²) in [5.74, 6) is 0.788. The minimum absolute atomic E-state index is 0.538. The van der Waals surface area contributed by atoms with Crippen LogP contribution >= 0.6 is 0 Å². The summed E-state index contributed by atoms with van der Waals surface area (Å²) >= 11 is 0. The summed E-state index contributed by atoms with van der Waals surface area (Å²) < 4.78 is 0. The summed E-state index contributed by atoms with van der Waals surface area (Å²) in [5.41, 5.74) is 1.44. The minimum Gasteiger partial charge on any atom is -0.287 e. The zero-order chi connectivity index (χ0) is 11.1. The number of benzene rings is 1. The zero-order valence-electron chi connectivity index (χ0n) is 10.0. The molecule has 4 atom stereocenters. The van der Waals surface area contributed by atoms with Crippen LogP contribution in [0.4, 0.5) is 0 Å². The van der Waals surface area contributed by atoms with Crippen LogP contribution in [-0.2, 0) is 0 Å². The number of hydrogen-bond acceptors (Lipinski definition) is 1. The van der Waals surface area contributed by atoms with Crippen molar-refractivity contribution in [1.82, 2.24) is 4.90 Å². The van der Waals surface area contributed by atoms with Crippen molar-refractivity contribution in [2.75, 3.05) is 0 Å². The standard InChI is InChI=1S/C15H19N/c1-11(13-6-4-3-5-7-13)16-12(2)14-8-9-15(16)10-14/h3-9,11-12,14-15H,10H2,1-2H3/t11-,12-,14+,15-/m0/s1. The van der Waals surface area contributed by atoms with Gasteiger partial charge in [-0.2, -0.15) is 0 Å². The molecule has 16 heavy (non-hydrogen) atoms. The molecule has 1 aliphatic heterocycles. The Morgan fingerprint density at radius 1 is 1.19 bits per heavy atom. The number of likely N-dealkylation sites (tertiary alicyclic amines) is 1. The largest absolute Gasteiger partial charge is 0.287 e. The van der Waals surface area contributed by atoms with Gasteiger partial charge in [0.25, 0.3) is 0 Å². The molecule has 1 heterocycles. The molecule has 3 rings (SSSR count). The average Bonchev–Trinajstić information content (AvgIpc) is 2.90. The van der Waals surface area contributed by atoms with Crippen molar-refractivity contribution in [1.29, 1.82) is 0 Å². The van der Waals surface area contributed by atoms with Crippen molar-refractivity contribution < 1.29 is 0 Å². The first-order chi connectivity index (χ1) is 7.77. The van der Waals surface area contributed by atoms with Crippen LogP contribution in [0.3, 0.4) is 0 Å². The molecule has 0 radical (unpaired) electrons. The van der Waals surface area contributed by atoms with Crippen molar-refractivity contribution in [3.63, 3.8) is 0 Å². The van der Waals surface area contributed by atoms with Gasteiger partial charge in [-0.1, -0.05) is 42.5 Å². The van der Waals surface area contributed by atoms with Crippen LogP contribution in [-0.4, -0.2) is 17.0 Å². The first-order valence-electron chi connectivity index (χ1n) is 6.28. The molecule has 0 spiro atoms. The second-order valence-electron chi connectivity index (χ2n) is 5.13. The lowest BCUT2D eigenvalue weighted by atomic mass is 10.0. The lowest BCUT2D eigenvalue weighted by Crippen LogP contribution is -2.38. The topological polar surface area (TPSA) is 3.24 Å². The Morgan fingerprint density at radius 3 is 2.56 bits per heavy atom. The van der Waals surface area contributed by atoms with Crippen LogP contribution in [0, 0.1) is 5.92 Å². The van der Waals surface area contributed by atoms with Gasteiger partial charge >= 0.3 is 0 Å². The smallest absolute Gasteiger partial charge is 0.0328 e. The first-order valence-corrected chi connectivity index (χ1v) is 6.28. The first kappa shape index (κ1) is 10.1. The molecule has 0 aromatic heterocycles. The fourth-order valence-electron chi connectivity index (χ4n) is 3.35. The van der Waals surface area contributed by atoms with E-state index in [2.05, 4.69) is 61.2 Å². The molecule has 1 aromatic carbocycles. The normalized spacial score (nSPS) is 34.5. The summed E-state index contributed by atoms with van der Waals surface area (Å²) in [7, 11) is 0. The number of hydrogen-bond donors (Lipinski definition) is 0. The molecule has 1 heteroatoms. The van der Waals surface area contributed by atoms with Crippen molar-refractivity contribution in [2.45, 2.75) is 38.4 Å². The Kier molecular flexibility index (Phi) is 2.36. The monoisotopic (exact) mass is 213 g/mol. The molecule has 1 nitrogen and oxygen atoms in total. The fourth-order valence-corrected chi connectivity index (χ4v) is 3.35. The van der Waals surface area contributed by atoms with E-state index in [0.29, 0.717) is 18.1 Å². The van der Waals surface area contributed by atoms with Crippen LogP contribution in [0.1, 0.15) is 31.9 Å². The fraction of sp³-hybridized carbons (Fsp3) is 0.467. The van der Waals surface area contributed by atoms with Crippen molar-refractivity contribution in [2.24, 2.45) is 5.92 Å². The van der Waals surface area contributed by atoms with Gasteiger partial charge in [-0.25, -0.2) is 0 Å². The van der Waals surface area contributed by atoms with E-state index in [9.17, 15) is 0 Å². The van der Waals surface area contributed by atoms with Crippen LogP contribution in [0.2, 0.25) is 0 Å². The Morgan fingerprint density at radius 2 is 1.94 bits per heavy atom. The van der Waals surface area contributed by atoms with Gasteiger partial charge in [-0.3, -0.25) is 4.90 Å². The highest BCUT2D eigenvalue weighted by Crippen LogP contribution is 2.42. The maximum absolute atomic E-state index is 2.67. The Balaban J connectivity index is 1.86. The Labute approximate surface area is 97.8 Å². The van der Waals surface area contributed by atoms with E-state index in [1.807, 2.05) is 0 Å². The van der Waals surface area contributed by atoms with Gasteiger partial charge in [-0.15, -0.1) is 0 Å². The second kappa shape index (κ2) is 3.74. The molecule has 1 saturated heterocycles. The molecule has 84 valence electrons. The van der Waals surface area contributed by atoms with Gasteiger partial charge in [-0.05, 0) is 31.7 Å². The predicted molar refractivity (Wildman–Crippen MR) is 67.2 cm³/mol. The van der Waals surface area contributed by atoms with E-state index >= 15 is 0 Å². The van der Waals surface area contributed by atoms with E-state index < -0.39 is 0 Å². The molecule has 2 aliphatic rings. The van der Waals surface area contributed by atoms with Crippen LogP contribution in [0.5, 0.6) is 0 Å². The molecule has 0 N–H and O–H groups in total. The molecular weight excluding hydrogens is 194 g/mol. The van der Waals surface area contributed by atoms with E-state index in [1.54, 1.807) is 0 Å². The van der Waals surface area contributed by atoms with Gasteiger partial charge in [0.15, 0.2) is 0 Å². The van der Waals surface area contributed by atoms with Gasteiger partial charge < -0.3 is 0 Å². The van der Waals surface area contributed by atoms with E-state index in [4.69, 9.17) is 0 Å².